The summed E-state index contributed by atoms with van der Waals surface area (Å²) in [5.74, 6) is 0.126. The van der Waals surface area contributed by atoms with Crippen molar-refractivity contribution in [2.45, 2.75) is 6.42 Å². The van der Waals surface area contributed by atoms with Gasteiger partial charge in [-0.2, -0.15) is 0 Å². The Labute approximate surface area is 88.3 Å². The monoisotopic (exact) mass is 200 g/mol. The SMILES string of the molecule is Nc1ccccc1NC1=CCC(=O)C=C1. The largest absolute Gasteiger partial charge is 0.397 e. The zero-order chi connectivity index (χ0) is 10.7. The third-order valence-corrected chi connectivity index (χ3v) is 2.21. The lowest BCUT2D eigenvalue weighted by atomic mass is 10.1. The highest BCUT2D eigenvalue weighted by atomic mass is 16.1. The van der Waals surface area contributed by atoms with E-state index in [2.05, 4.69) is 5.32 Å². The molecule has 0 aliphatic heterocycles. The van der Waals surface area contributed by atoms with E-state index in [-0.39, 0.29) is 5.78 Å². The van der Waals surface area contributed by atoms with Crippen molar-refractivity contribution < 1.29 is 4.79 Å². The number of para-hydroxylation sites is 2. The molecule has 3 N–H and O–H groups in total. The number of hydrogen-bond acceptors (Lipinski definition) is 3. The molecule has 0 spiro atoms. The molecular weight excluding hydrogens is 188 g/mol. The molecule has 2 rings (SSSR count). The highest BCUT2D eigenvalue weighted by molar-refractivity contribution is 5.93. The van der Waals surface area contributed by atoms with Crippen LogP contribution in [0, 0.1) is 0 Å². The second-order valence-corrected chi connectivity index (χ2v) is 3.38. The second-order valence-electron chi connectivity index (χ2n) is 3.38. The molecule has 0 saturated carbocycles. The molecule has 0 unspecified atom stereocenters. The molecule has 0 radical (unpaired) electrons. The van der Waals surface area contributed by atoms with Crippen molar-refractivity contribution in [3.8, 4) is 0 Å². The van der Waals surface area contributed by atoms with Gasteiger partial charge in [-0.3, -0.25) is 4.79 Å². The van der Waals surface area contributed by atoms with Gasteiger partial charge in [0.2, 0.25) is 0 Å². The molecule has 0 aromatic heterocycles. The van der Waals surface area contributed by atoms with Gasteiger partial charge in [-0.15, -0.1) is 0 Å². The van der Waals surface area contributed by atoms with Crippen LogP contribution in [0.1, 0.15) is 6.42 Å². The van der Waals surface area contributed by atoms with Crippen molar-refractivity contribution in [3.05, 3.63) is 48.2 Å². The van der Waals surface area contributed by atoms with Gasteiger partial charge in [-0.1, -0.05) is 18.2 Å². The quantitative estimate of drug-likeness (QED) is 0.719. The van der Waals surface area contributed by atoms with Crippen LogP contribution in [0.5, 0.6) is 0 Å². The number of hydrogen-bond donors (Lipinski definition) is 2. The van der Waals surface area contributed by atoms with Crippen molar-refractivity contribution in [2.24, 2.45) is 0 Å². The number of anilines is 2. The average molecular weight is 200 g/mol. The number of nitrogens with two attached hydrogens (primary N) is 1. The van der Waals surface area contributed by atoms with Gasteiger partial charge in [-0.25, -0.2) is 0 Å². The first-order chi connectivity index (χ1) is 7.25. The lowest BCUT2D eigenvalue weighted by Crippen LogP contribution is -2.05. The van der Waals surface area contributed by atoms with Gasteiger partial charge in [-0.05, 0) is 24.3 Å². The van der Waals surface area contributed by atoms with E-state index in [1.165, 1.54) is 0 Å². The van der Waals surface area contributed by atoms with E-state index in [0.717, 1.165) is 11.4 Å². The first-order valence-corrected chi connectivity index (χ1v) is 4.78. The summed E-state index contributed by atoms with van der Waals surface area (Å²) in [5.41, 5.74) is 8.26. The molecule has 1 aliphatic rings. The summed E-state index contributed by atoms with van der Waals surface area (Å²) in [5, 5.41) is 3.17. The highest BCUT2D eigenvalue weighted by Gasteiger charge is 2.04. The second kappa shape index (κ2) is 4.00. The van der Waals surface area contributed by atoms with Crippen LogP contribution in [0.4, 0.5) is 11.4 Å². The van der Waals surface area contributed by atoms with Crippen molar-refractivity contribution in [1.82, 2.24) is 0 Å². The molecule has 1 aromatic rings. The molecule has 0 saturated heterocycles. The summed E-state index contributed by atoms with van der Waals surface area (Å²) in [4.78, 5) is 10.9. The van der Waals surface area contributed by atoms with Crippen LogP contribution in [0.2, 0.25) is 0 Å². The number of carbonyl (C=O) groups excluding carboxylic acids is 1. The first kappa shape index (κ1) is 9.52. The fourth-order valence-electron chi connectivity index (χ4n) is 1.39. The molecule has 15 heavy (non-hydrogen) atoms. The number of carbonyl (C=O) groups is 1. The van der Waals surface area contributed by atoms with E-state index in [4.69, 9.17) is 5.73 Å². The van der Waals surface area contributed by atoms with Gasteiger partial charge in [0.25, 0.3) is 0 Å². The molecule has 0 bridgehead atoms. The van der Waals surface area contributed by atoms with Crippen LogP contribution in [0.15, 0.2) is 48.2 Å². The molecule has 0 amide bonds. The van der Waals surface area contributed by atoms with Crippen LogP contribution in [0.25, 0.3) is 0 Å². The van der Waals surface area contributed by atoms with Gasteiger partial charge < -0.3 is 11.1 Å². The minimum Gasteiger partial charge on any atom is -0.397 e. The summed E-state index contributed by atoms with van der Waals surface area (Å²) in [6.45, 7) is 0. The third-order valence-electron chi connectivity index (χ3n) is 2.21. The number of ketones is 1. The summed E-state index contributed by atoms with van der Waals surface area (Å²) < 4.78 is 0. The summed E-state index contributed by atoms with van der Waals surface area (Å²) in [6.07, 6.45) is 5.64. The van der Waals surface area contributed by atoms with Crippen molar-refractivity contribution in [2.75, 3.05) is 11.1 Å². The van der Waals surface area contributed by atoms with E-state index in [1.54, 1.807) is 12.2 Å². The van der Waals surface area contributed by atoms with Crippen LogP contribution in [-0.2, 0) is 4.79 Å². The van der Waals surface area contributed by atoms with Crippen molar-refractivity contribution >= 4 is 17.2 Å². The number of allylic oxidation sites excluding steroid dienone is 3. The predicted octanol–water partition coefficient (Wildman–Crippen LogP) is 2.09. The average Bonchev–Trinajstić information content (AvgIpc) is 2.25. The molecule has 0 atom stereocenters. The third kappa shape index (κ3) is 2.26. The van der Waals surface area contributed by atoms with E-state index < -0.39 is 0 Å². The molecule has 3 heteroatoms. The summed E-state index contributed by atoms with van der Waals surface area (Å²) in [6, 6.07) is 7.53. The van der Waals surface area contributed by atoms with Crippen molar-refractivity contribution in [3.63, 3.8) is 0 Å². The Morgan fingerprint density at radius 2 is 2.00 bits per heavy atom. The maximum Gasteiger partial charge on any atom is 0.159 e. The zero-order valence-electron chi connectivity index (χ0n) is 8.23. The maximum absolute atomic E-state index is 10.9. The first-order valence-electron chi connectivity index (χ1n) is 4.78. The number of nitrogens with one attached hydrogen (secondary N) is 1. The maximum atomic E-state index is 10.9. The van der Waals surface area contributed by atoms with Gasteiger partial charge >= 0.3 is 0 Å². The van der Waals surface area contributed by atoms with Crippen LogP contribution >= 0.6 is 0 Å². The van der Waals surface area contributed by atoms with E-state index in [9.17, 15) is 4.79 Å². The highest BCUT2D eigenvalue weighted by Crippen LogP contribution is 2.20. The van der Waals surface area contributed by atoms with Gasteiger partial charge in [0.1, 0.15) is 0 Å². The Balaban J connectivity index is 2.14. The van der Waals surface area contributed by atoms with Gasteiger partial charge in [0, 0.05) is 12.1 Å². The molecule has 1 aromatic carbocycles. The number of benzene rings is 1. The Hall–Kier alpha value is -2.03. The molecule has 1 aliphatic carbocycles. The van der Waals surface area contributed by atoms with Gasteiger partial charge in [0.15, 0.2) is 5.78 Å². The Bertz CT molecular complexity index is 447. The summed E-state index contributed by atoms with van der Waals surface area (Å²) >= 11 is 0. The van der Waals surface area contributed by atoms with Crippen LogP contribution in [-0.4, -0.2) is 5.78 Å². The molecule has 0 heterocycles. The van der Waals surface area contributed by atoms with E-state index in [1.807, 2.05) is 30.3 Å². The standard InChI is InChI=1S/C12H12N2O/c13-11-3-1-2-4-12(11)14-9-5-7-10(15)8-6-9/h1-7,14H,8,13H2. The topological polar surface area (TPSA) is 55.1 Å². The normalized spacial score (nSPS) is 14.9. The number of rotatable bonds is 2. The number of nitrogen functional groups attached to an aromatic ring is 1. The molecule has 3 nitrogen and oxygen atoms in total. The molecule has 0 fully saturated rings. The Kier molecular flexibility index (Phi) is 2.54. The molecular formula is C12H12N2O. The minimum absolute atomic E-state index is 0.126. The van der Waals surface area contributed by atoms with Gasteiger partial charge in [0.05, 0.1) is 11.4 Å². The summed E-state index contributed by atoms with van der Waals surface area (Å²) in [7, 11) is 0. The fraction of sp³-hybridized carbons (Fsp3) is 0.0833. The Morgan fingerprint density at radius 3 is 2.67 bits per heavy atom. The fourth-order valence-corrected chi connectivity index (χ4v) is 1.39. The minimum atomic E-state index is 0.126. The van der Waals surface area contributed by atoms with Crippen molar-refractivity contribution in [1.29, 1.82) is 0 Å². The predicted molar refractivity (Wildman–Crippen MR) is 61.3 cm³/mol. The lowest BCUT2D eigenvalue weighted by Gasteiger charge is -2.11. The molecule has 76 valence electrons. The van der Waals surface area contributed by atoms with E-state index in [0.29, 0.717) is 12.1 Å². The van der Waals surface area contributed by atoms with E-state index >= 15 is 0 Å². The van der Waals surface area contributed by atoms with Crippen LogP contribution < -0.4 is 11.1 Å². The smallest absolute Gasteiger partial charge is 0.159 e. The Morgan fingerprint density at radius 1 is 1.20 bits per heavy atom. The van der Waals surface area contributed by atoms with Crippen LogP contribution in [0.3, 0.4) is 0 Å². The zero-order valence-corrected chi connectivity index (χ0v) is 8.23. The lowest BCUT2D eigenvalue weighted by molar-refractivity contribution is -0.113.